The third-order valence-electron chi connectivity index (χ3n) is 7.36. The van der Waals surface area contributed by atoms with E-state index < -0.39 is 0 Å². The predicted molar refractivity (Wildman–Crippen MR) is 92.9 cm³/mol. The minimum atomic E-state index is 0.0300. The summed E-state index contributed by atoms with van der Waals surface area (Å²) in [6, 6.07) is 4.01. The zero-order valence-corrected chi connectivity index (χ0v) is 14.7. The first-order chi connectivity index (χ1) is 10.8. The Kier molecular flexibility index (Phi) is 3.28. The molecule has 0 aromatic heterocycles. The lowest BCUT2D eigenvalue weighted by Crippen LogP contribution is -2.48. The quantitative estimate of drug-likeness (QED) is 0.748. The number of benzene rings is 1. The van der Waals surface area contributed by atoms with Crippen LogP contribution >= 0.6 is 0 Å². The third-order valence-corrected chi connectivity index (χ3v) is 7.36. The van der Waals surface area contributed by atoms with E-state index in [0.29, 0.717) is 0 Å². The van der Waals surface area contributed by atoms with Crippen molar-refractivity contribution in [3.05, 3.63) is 23.3 Å². The summed E-state index contributed by atoms with van der Waals surface area (Å²) in [6.45, 7) is 6.64. The number of phenolic OH excluding ortho intramolecular Hbond substituents is 2. The van der Waals surface area contributed by atoms with Crippen LogP contribution in [0.5, 0.6) is 11.5 Å². The van der Waals surface area contributed by atoms with Crippen LogP contribution < -0.4 is 0 Å². The van der Waals surface area contributed by atoms with Gasteiger partial charge in [-0.3, -0.25) is 0 Å². The number of hydrogen-bond acceptors (Lipinski definition) is 2. The molecule has 0 saturated heterocycles. The molecule has 4 aliphatic rings. The minimum Gasteiger partial charge on any atom is -0.504 e. The molecule has 0 heterocycles. The lowest BCUT2D eigenvalue weighted by Gasteiger charge is -2.57. The minimum absolute atomic E-state index is 0.0300. The van der Waals surface area contributed by atoms with Crippen molar-refractivity contribution >= 4 is 0 Å². The van der Waals surface area contributed by atoms with E-state index in [-0.39, 0.29) is 22.3 Å². The predicted octanol–water partition coefficient (Wildman–Crippen LogP) is 5.25. The van der Waals surface area contributed by atoms with E-state index in [2.05, 4.69) is 26.8 Å². The summed E-state index contributed by atoms with van der Waals surface area (Å²) < 4.78 is 0. The molecule has 0 spiro atoms. The first kappa shape index (κ1) is 15.4. The monoisotopic (exact) mass is 314 g/mol. The Labute approximate surface area is 139 Å². The summed E-state index contributed by atoms with van der Waals surface area (Å²) in [6.07, 6.45) is 8.84. The van der Waals surface area contributed by atoms with Gasteiger partial charge < -0.3 is 10.2 Å². The average Bonchev–Trinajstić information content (AvgIpc) is 2.48. The molecule has 4 bridgehead atoms. The Bertz CT molecular complexity index is 594. The second kappa shape index (κ2) is 4.91. The second-order valence-electron chi connectivity index (χ2n) is 9.33. The van der Waals surface area contributed by atoms with Crippen LogP contribution in [0.2, 0.25) is 0 Å². The molecule has 4 saturated carbocycles. The van der Waals surface area contributed by atoms with Crippen molar-refractivity contribution in [2.75, 3.05) is 0 Å². The van der Waals surface area contributed by atoms with Crippen LogP contribution in [-0.2, 0) is 10.8 Å². The molecule has 2 heteroatoms. The zero-order valence-electron chi connectivity index (χ0n) is 14.7. The zero-order chi connectivity index (χ0) is 16.4. The van der Waals surface area contributed by atoms with Crippen molar-refractivity contribution in [2.24, 2.45) is 17.8 Å². The largest absolute Gasteiger partial charge is 0.504 e. The van der Waals surface area contributed by atoms with E-state index in [1.165, 1.54) is 44.1 Å². The fraction of sp³-hybridized carbons (Fsp3) is 0.714. The Balaban J connectivity index is 1.82. The smallest absolute Gasteiger partial charge is 0.161 e. The van der Waals surface area contributed by atoms with Gasteiger partial charge in [0.2, 0.25) is 0 Å². The van der Waals surface area contributed by atoms with Gasteiger partial charge in [-0.25, -0.2) is 0 Å². The van der Waals surface area contributed by atoms with Crippen molar-refractivity contribution in [2.45, 2.75) is 76.5 Å². The Hall–Kier alpha value is -1.18. The number of aromatic hydroxyl groups is 2. The topological polar surface area (TPSA) is 40.5 Å². The molecule has 0 aliphatic heterocycles. The van der Waals surface area contributed by atoms with Gasteiger partial charge in [0.15, 0.2) is 11.5 Å². The maximum absolute atomic E-state index is 10.7. The van der Waals surface area contributed by atoms with Gasteiger partial charge in [-0.1, -0.05) is 26.8 Å². The van der Waals surface area contributed by atoms with Crippen molar-refractivity contribution in [1.29, 1.82) is 0 Å². The van der Waals surface area contributed by atoms with Gasteiger partial charge in [0.05, 0.1) is 0 Å². The third kappa shape index (κ3) is 2.28. The summed E-state index contributed by atoms with van der Waals surface area (Å²) in [5, 5.41) is 21.1. The van der Waals surface area contributed by atoms with Gasteiger partial charge in [-0.2, -0.15) is 0 Å². The van der Waals surface area contributed by atoms with Crippen molar-refractivity contribution in [3.8, 4) is 11.5 Å². The molecule has 0 unspecified atom stereocenters. The van der Waals surface area contributed by atoms with E-state index in [0.717, 1.165) is 29.7 Å². The van der Waals surface area contributed by atoms with E-state index >= 15 is 0 Å². The van der Waals surface area contributed by atoms with Crippen LogP contribution in [0.15, 0.2) is 12.1 Å². The molecule has 126 valence electrons. The Morgan fingerprint density at radius 1 is 1.00 bits per heavy atom. The van der Waals surface area contributed by atoms with Gasteiger partial charge in [0.25, 0.3) is 0 Å². The van der Waals surface area contributed by atoms with Crippen LogP contribution in [0, 0.1) is 17.8 Å². The molecular formula is C21H30O2. The number of hydrogen-bond donors (Lipinski definition) is 2. The van der Waals surface area contributed by atoms with Crippen LogP contribution in [0.4, 0.5) is 0 Å². The van der Waals surface area contributed by atoms with Crippen molar-refractivity contribution in [1.82, 2.24) is 0 Å². The molecule has 0 radical (unpaired) electrons. The van der Waals surface area contributed by atoms with Gasteiger partial charge >= 0.3 is 0 Å². The highest BCUT2D eigenvalue weighted by atomic mass is 16.3. The van der Waals surface area contributed by atoms with E-state index in [1.54, 1.807) is 6.07 Å². The van der Waals surface area contributed by atoms with Crippen molar-refractivity contribution in [3.63, 3.8) is 0 Å². The molecule has 0 amide bonds. The summed E-state index contributed by atoms with van der Waals surface area (Å²) in [4.78, 5) is 0. The molecule has 1 aromatic carbocycles. The van der Waals surface area contributed by atoms with Crippen LogP contribution in [0.1, 0.15) is 76.8 Å². The van der Waals surface area contributed by atoms with E-state index in [1.807, 2.05) is 0 Å². The second-order valence-corrected chi connectivity index (χ2v) is 9.33. The molecule has 23 heavy (non-hydrogen) atoms. The molecule has 5 rings (SSSR count). The fourth-order valence-corrected chi connectivity index (χ4v) is 6.06. The Morgan fingerprint density at radius 3 is 2.00 bits per heavy atom. The molecular weight excluding hydrogens is 284 g/mol. The summed E-state index contributed by atoms with van der Waals surface area (Å²) >= 11 is 0. The van der Waals surface area contributed by atoms with Gasteiger partial charge in [0, 0.05) is 5.56 Å². The van der Waals surface area contributed by atoms with Crippen LogP contribution in [0.3, 0.4) is 0 Å². The average molecular weight is 314 g/mol. The molecule has 4 aliphatic carbocycles. The Morgan fingerprint density at radius 2 is 1.52 bits per heavy atom. The summed E-state index contributed by atoms with van der Waals surface area (Å²) in [7, 11) is 0. The maximum Gasteiger partial charge on any atom is 0.161 e. The first-order valence-electron chi connectivity index (χ1n) is 9.40. The van der Waals surface area contributed by atoms with Gasteiger partial charge in [-0.05, 0) is 85.2 Å². The molecule has 2 N–H and O–H groups in total. The molecule has 2 nitrogen and oxygen atoms in total. The highest BCUT2D eigenvalue weighted by molar-refractivity contribution is 5.53. The van der Waals surface area contributed by atoms with Crippen LogP contribution in [-0.4, -0.2) is 10.2 Å². The summed E-state index contributed by atoms with van der Waals surface area (Å²) in [5.41, 5.74) is 2.37. The molecule has 1 aromatic rings. The van der Waals surface area contributed by atoms with Crippen molar-refractivity contribution < 1.29 is 10.2 Å². The lowest BCUT2D eigenvalue weighted by molar-refractivity contribution is -0.00633. The normalized spacial score (nSPS) is 35.7. The van der Waals surface area contributed by atoms with Gasteiger partial charge in [-0.15, -0.1) is 0 Å². The maximum atomic E-state index is 10.7. The van der Waals surface area contributed by atoms with E-state index in [4.69, 9.17) is 0 Å². The fourth-order valence-electron chi connectivity index (χ4n) is 6.06. The van der Waals surface area contributed by atoms with Crippen LogP contribution in [0.25, 0.3) is 0 Å². The van der Waals surface area contributed by atoms with Gasteiger partial charge in [0.1, 0.15) is 0 Å². The number of phenols is 2. The lowest BCUT2D eigenvalue weighted by atomic mass is 9.48. The summed E-state index contributed by atoms with van der Waals surface area (Å²) in [5.74, 6) is 2.75. The molecule has 0 atom stereocenters. The number of rotatable bonds is 3. The highest BCUT2D eigenvalue weighted by Crippen LogP contribution is 2.62. The van der Waals surface area contributed by atoms with E-state index in [9.17, 15) is 10.2 Å². The standard InChI is InChI=1S/C21H30O2/c1-4-20(2,3)16-8-17(19(23)18(22)9-16)21-10-13-5-14(11-21)7-15(6-13)12-21/h8-9,13-15,22-23H,4-7,10-12H2,1-3H3. The first-order valence-corrected chi connectivity index (χ1v) is 9.40. The highest BCUT2D eigenvalue weighted by Gasteiger charge is 2.52. The SMILES string of the molecule is CCC(C)(C)c1cc(O)c(O)c(C23CC4CC(CC(C4)C2)C3)c1. The molecule has 4 fully saturated rings.